The highest BCUT2D eigenvalue weighted by Gasteiger charge is 2.46. The number of allylic oxidation sites excluding steroid dienone is 7. The van der Waals surface area contributed by atoms with Crippen molar-refractivity contribution in [3.8, 4) is 0 Å². The van der Waals surface area contributed by atoms with E-state index in [1.54, 1.807) is 12.1 Å². The molecule has 3 saturated heterocycles. The van der Waals surface area contributed by atoms with Gasteiger partial charge in [-0.3, -0.25) is 39.1 Å². The Bertz CT molecular complexity index is 2250. The fourth-order valence-electron chi connectivity index (χ4n) is 11.9. The molecule has 2 aromatic rings. The number of amides is 5. The van der Waals surface area contributed by atoms with E-state index in [0.717, 1.165) is 93.6 Å². The Balaban J connectivity index is 0.716. The van der Waals surface area contributed by atoms with Gasteiger partial charge >= 0.3 is 7.12 Å². The molecule has 61 heavy (non-hydrogen) atoms. The predicted molar refractivity (Wildman–Crippen MR) is 229 cm³/mol. The molecule has 13 heteroatoms. The summed E-state index contributed by atoms with van der Waals surface area (Å²) in [5.74, 6) is -0.133. The molecule has 0 bridgehead atoms. The Kier molecular flexibility index (Phi) is 10.5. The normalized spacial score (nSPS) is 28.2. The van der Waals surface area contributed by atoms with Crippen LogP contribution >= 0.6 is 0 Å². The van der Waals surface area contributed by atoms with E-state index in [1.165, 1.54) is 16.8 Å². The molecular formula is C48H54BN5O7. The third kappa shape index (κ3) is 7.42. The first kappa shape index (κ1) is 40.0. The van der Waals surface area contributed by atoms with Gasteiger partial charge in [-0.2, -0.15) is 0 Å². The second kappa shape index (κ2) is 16.0. The summed E-state index contributed by atoms with van der Waals surface area (Å²) in [6.45, 7) is 4.84. The van der Waals surface area contributed by atoms with E-state index in [0.29, 0.717) is 42.2 Å². The number of piperidine rings is 3. The van der Waals surface area contributed by atoms with Gasteiger partial charge in [-0.15, -0.1) is 0 Å². The Labute approximate surface area is 357 Å². The molecular weight excluding hydrogens is 769 g/mol. The molecule has 3 unspecified atom stereocenters. The third-order valence-corrected chi connectivity index (χ3v) is 15.4. The molecule has 3 fully saturated rings. The number of aryl methyl sites for hydroxylation is 1. The number of carbonyl (C=O) groups is 5. The monoisotopic (exact) mass is 823 g/mol. The molecule has 2 aromatic carbocycles. The Morgan fingerprint density at radius 2 is 1.52 bits per heavy atom. The number of nitrogens with one attached hydrogen (secondary N) is 1. The molecule has 0 saturated carbocycles. The van der Waals surface area contributed by atoms with Gasteiger partial charge in [0.05, 0.1) is 17.7 Å². The van der Waals surface area contributed by atoms with E-state index in [9.17, 15) is 34.0 Å². The molecule has 5 atom stereocenters. The van der Waals surface area contributed by atoms with Crippen LogP contribution < -0.4 is 10.8 Å². The van der Waals surface area contributed by atoms with Crippen molar-refractivity contribution in [2.45, 2.75) is 89.3 Å². The summed E-state index contributed by atoms with van der Waals surface area (Å²) in [7, 11) is -1.45. The Hall–Kier alpha value is -5.11. The highest BCUT2D eigenvalue weighted by molar-refractivity contribution is 6.58. The molecule has 1 spiro atoms. The van der Waals surface area contributed by atoms with Gasteiger partial charge in [0, 0.05) is 51.4 Å². The number of carbonyl (C=O) groups excluding carboxylic acids is 5. The summed E-state index contributed by atoms with van der Waals surface area (Å²) in [6.07, 6.45) is 24.9. The number of likely N-dealkylation sites (tertiary alicyclic amines) is 2. The first-order chi connectivity index (χ1) is 29.5. The van der Waals surface area contributed by atoms with Crippen molar-refractivity contribution in [2.75, 3.05) is 32.7 Å². The first-order valence-corrected chi connectivity index (χ1v) is 22.4. The van der Waals surface area contributed by atoms with Crippen LogP contribution in [0.4, 0.5) is 0 Å². The minimum Gasteiger partial charge on any atom is -0.423 e. The summed E-state index contributed by atoms with van der Waals surface area (Å²) in [5, 5.41) is 22.0. The van der Waals surface area contributed by atoms with Crippen molar-refractivity contribution >= 4 is 42.1 Å². The van der Waals surface area contributed by atoms with Gasteiger partial charge in [0.2, 0.25) is 17.7 Å². The second-order valence-corrected chi connectivity index (χ2v) is 18.8. The number of hydrogen-bond donors (Lipinski definition) is 3. The summed E-state index contributed by atoms with van der Waals surface area (Å²) < 4.78 is 0. The van der Waals surface area contributed by atoms with Gasteiger partial charge in [0.15, 0.2) is 0 Å². The van der Waals surface area contributed by atoms with Crippen LogP contribution in [0.3, 0.4) is 0 Å². The SMILES string of the molecule is O=C1CCC(N2C(=O)c3cc4c(cc3C2=O)CN(CC(=O)N2CCC3(CC2)CCN(C2=CCC([C@@H]5c6ccc(B(O)O)cc6CC[C@@H]5C5C=CC=CC5)C=C2)CC3)C4)C(=O)N1. The number of benzene rings is 2. The molecule has 5 aliphatic heterocycles. The zero-order chi connectivity index (χ0) is 42.0. The second-order valence-electron chi connectivity index (χ2n) is 18.8. The summed E-state index contributed by atoms with van der Waals surface area (Å²) >= 11 is 0. The van der Waals surface area contributed by atoms with E-state index in [4.69, 9.17) is 0 Å². The smallest absolute Gasteiger partial charge is 0.423 e. The van der Waals surface area contributed by atoms with Crippen LogP contribution in [0.1, 0.15) is 107 Å². The zero-order valence-corrected chi connectivity index (χ0v) is 34.6. The number of imide groups is 2. The molecule has 3 N–H and O–H groups in total. The Morgan fingerprint density at radius 3 is 2.16 bits per heavy atom. The minimum absolute atomic E-state index is 0.0793. The van der Waals surface area contributed by atoms with Crippen LogP contribution in [0.15, 0.2) is 78.6 Å². The number of rotatable bonds is 7. The van der Waals surface area contributed by atoms with Crippen molar-refractivity contribution < 1.29 is 34.0 Å². The van der Waals surface area contributed by atoms with E-state index in [1.807, 2.05) is 17.0 Å². The first-order valence-electron chi connectivity index (χ1n) is 22.4. The number of nitrogens with zero attached hydrogens (tertiary/aromatic N) is 4. The van der Waals surface area contributed by atoms with E-state index < -0.39 is 36.8 Å². The van der Waals surface area contributed by atoms with Crippen LogP contribution in [0.5, 0.6) is 0 Å². The maximum Gasteiger partial charge on any atom is 0.488 e. The lowest BCUT2D eigenvalue weighted by atomic mass is 9.62. The highest BCUT2D eigenvalue weighted by atomic mass is 16.4. The van der Waals surface area contributed by atoms with E-state index >= 15 is 0 Å². The topological polar surface area (TPSA) is 151 Å². The molecule has 8 aliphatic rings. The lowest BCUT2D eigenvalue weighted by Crippen LogP contribution is -2.54. The van der Waals surface area contributed by atoms with Crippen molar-refractivity contribution in [2.24, 2.45) is 23.2 Å². The molecule has 0 aromatic heterocycles. The van der Waals surface area contributed by atoms with Crippen LogP contribution in [0, 0.1) is 23.2 Å². The van der Waals surface area contributed by atoms with E-state index in [-0.39, 0.29) is 41.8 Å². The fourth-order valence-corrected chi connectivity index (χ4v) is 11.9. The van der Waals surface area contributed by atoms with Gasteiger partial charge < -0.3 is 19.8 Å². The van der Waals surface area contributed by atoms with Gasteiger partial charge in [-0.05, 0) is 133 Å². The quantitative estimate of drug-likeness (QED) is 0.281. The number of fused-ring (bicyclic) bond motifs is 3. The molecule has 10 rings (SSSR count). The molecule has 0 radical (unpaired) electrons. The molecule has 3 aliphatic carbocycles. The largest absolute Gasteiger partial charge is 0.488 e. The molecule has 316 valence electrons. The average molecular weight is 824 g/mol. The molecule has 12 nitrogen and oxygen atoms in total. The molecule has 5 heterocycles. The van der Waals surface area contributed by atoms with Crippen molar-refractivity contribution in [1.82, 2.24) is 24.9 Å². The summed E-state index contributed by atoms with van der Waals surface area (Å²) in [6, 6.07) is 8.56. The lowest BCUT2D eigenvalue weighted by molar-refractivity contribution is -0.137. The maximum atomic E-state index is 13.6. The van der Waals surface area contributed by atoms with Crippen molar-refractivity contribution in [1.29, 1.82) is 0 Å². The average Bonchev–Trinajstić information content (AvgIpc) is 3.78. The van der Waals surface area contributed by atoms with Crippen LogP contribution in [-0.4, -0.2) is 105 Å². The highest BCUT2D eigenvalue weighted by Crippen LogP contribution is 2.49. The van der Waals surface area contributed by atoms with Crippen LogP contribution in [0.25, 0.3) is 0 Å². The summed E-state index contributed by atoms with van der Waals surface area (Å²) in [5.41, 5.74) is 7.15. The van der Waals surface area contributed by atoms with Gasteiger partial charge in [-0.25, -0.2) is 0 Å². The van der Waals surface area contributed by atoms with Crippen LogP contribution in [0.2, 0.25) is 0 Å². The summed E-state index contributed by atoms with van der Waals surface area (Å²) in [4.78, 5) is 72.1. The minimum atomic E-state index is -1.45. The third-order valence-electron chi connectivity index (χ3n) is 15.4. The van der Waals surface area contributed by atoms with Crippen molar-refractivity contribution in [3.63, 3.8) is 0 Å². The standard InChI is InChI=1S/C48H54BN5O7/c55-42-15-14-41(45(57)50-42)54-46(58)39-25-33-27-51(28-34(33)26-40(39)47(54)59)29-43(56)53-22-18-48(19-23-53)16-20-52(21-17-48)36-10-6-31(7-11-36)44-37(30-4-2-1-3-5-30)12-8-32-24-35(49(60)61)9-13-38(32)44/h1-4,6,9-11,13,24-26,30-31,37,41,44,60-61H,5,7-8,12,14-23,27-29H2,(H,50,55,57)/t30?,31?,37-,41?,44+/m1/s1. The lowest BCUT2D eigenvalue weighted by Gasteiger charge is -2.48. The maximum absolute atomic E-state index is 13.6. The Morgan fingerprint density at radius 1 is 0.803 bits per heavy atom. The predicted octanol–water partition coefficient (Wildman–Crippen LogP) is 3.73. The van der Waals surface area contributed by atoms with Gasteiger partial charge in [0.1, 0.15) is 6.04 Å². The van der Waals surface area contributed by atoms with Crippen LogP contribution in [-0.2, 0) is 33.9 Å². The fraction of sp³-hybridized carbons (Fsp3) is 0.479. The van der Waals surface area contributed by atoms with Crippen molar-refractivity contribution in [3.05, 3.63) is 112 Å². The molecule has 5 amide bonds. The number of hydrogen-bond acceptors (Lipinski definition) is 9. The van der Waals surface area contributed by atoms with E-state index in [2.05, 4.69) is 63.7 Å². The zero-order valence-electron chi connectivity index (χ0n) is 34.6. The van der Waals surface area contributed by atoms with Gasteiger partial charge in [-0.1, -0.05) is 54.7 Å². The van der Waals surface area contributed by atoms with Gasteiger partial charge in [0.25, 0.3) is 11.8 Å².